The Hall–Kier alpha value is -1.83. The van der Waals surface area contributed by atoms with Gasteiger partial charge < -0.3 is 29.7 Å². The highest BCUT2D eigenvalue weighted by molar-refractivity contribution is 5.98. The lowest BCUT2D eigenvalue weighted by Crippen LogP contribution is -2.47. The van der Waals surface area contributed by atoms with Gasteiger partial charge in [-0.05, 0) is 58.4 Å². The molecule has 0 saturated carbocycles. The smallest absolute Gasteiger partial charge is 0.258 e. The van der Waals surface area contributed by atoms with Crippen molar-refractivity contribution in [2.75, 3.05) is 52.3 Å². The SMILES string of the molecule is CNC[C@@H]1OCCCC[C@H](C)Oc2ccc(N(C)C)cc2C(=O)N([C@H](C)CO)C[C@@H]1C. The lowest BCUT2D eigenvalue weighted by atomic mass is 10.0. The molecule has 1 aliphatic heterocycles. The number of nitrogens with one attached hydrogen (secondary N) is 1. The van der Waals surface area contributed by atoms with Crippen molar-refractivity contribution in [2.24, 2.45) is 5.92 Å². The van der Waals surface area contributed by atoms with Gasteiger partial charge in [0.1, 0.15) is 5.75 Å². The third-order valence-electron chi connectivity index (χ3n) is 5.96. The molecule has 0 bridgehead atoms. The van der Waals surface area contributed by atoms with Crippen LogP contribution in [0.15, 0.2) is 18.2 Å². The van der Waals surface area contributed by atoms with E-state index in [-0.39, 0.29) is 36.7 Å². The second-order valence-corrected chi connectivity index (χ2v) is 8.93. The maximum absolute atomic E-state index is 13.8. The van der Waals surface area contributed by atoms with Crippen LogP contribution in [0.1, 0.15) is 50.4 Å². The molecule has 0 saturated heterocycles. The molecule has 176 valence electrons. The lowest BCUT2D eigenvalue weighted by molar-refractivity contribution is -0.000449. The fourth-order valence-electron chi connectivity index (χ4n) is 3.88. The summed E-state index contributed by atoms with van der Waals surface area (Å²) in [5.41, 5.74) is 1.47. The Kier molecular flexibility index (Phi) is 10.1. The molecule has 2 N–H and O–H groups in total. The lowest BCUT2D eigenvalue weighted by Gasteiger charge is -2.34. The average Bonchev–Trinajstić information content (AvgIpc) is 2.74. The maximum atomic E-state index is 13.8. The van der Waals surface area contributed by atoms with Crippen LogP contribution in [0.4, 0.5) is 5.69 Å². The molecule has 0 radical (unpaired) electrons. The Morgan fingerprint density at radius 3 is 2.68 bits per heavy atom. The summed E-state index contributed by atoms with van der Waals surface area (Å²) in [6.07, 6.45) is 2.87. The first-order chi connectivity index (χ1) is 14.8. The van der Waals surface area contributed by atoms with Crippen molar-refractivity contribution >= 4 is 11.6 Å². The molecule has 7 heteroatoms. The number of carbonyl (C=O) groups is 1. The van der Waals surface area contributed by atoms with Gasteiger partial charge in [0.25, 0.3) is 5.91 Å². The fraction of sp³-hybridized carbons (Fsp3) is 0.708. The molecule has 2 rings (SSSR count). The molecular formula is C24H41N3O4. The van der Waals surface area contributed by atoms with E-state index in [0.717, 1.165) is 31.5 Å². The van der Waals surface area contributed by atoms with Gasteiger partial charge in [0.05, 0.1) is 30.4 Å². The van der Waals surface area contributed by atoms with Gasteiger partial charge in [-0.25, -0.2) is 0 Å². The molecule has 31 heavy (non-hydrogen) atoms. The number of carbonyl (C=O) groups excluding carboxylic acids is 1. The number of aliphatic hydroxyl groups is 1. The summed E-state index contributed by atoms with van der Waals surface area (Å²) in [6, 6.07) is 5.44. The van der Waals surface area contributed by atoms with Crippen LogP contribution in [0.5, 0.6) is 5.75 Å². The van der Waals surface area contributed by atoms with E-state index in [1.165, 1.54) is 0 Å². The molecule has 0 aromatic heterocycles. The molecule has 1 aromatic rings. The molecule has 1 amide bonds. The Morgan fingerprint density at radius 2 is 2.03 bits per heavy atom. The summed E-state index contributed by atoms with van der Waals surface area (Å²) in [6.45, 7) is 7.83. The third kappa shape index (κ3) is 7.09. The molecule has 0 spiro atoms. The quantitative estimate of drug-likeness (QED) is 0.741. The second kappa shape index (κ2) is 12.3. The highest BCUT2D eigenvalue weighted by atomic mass is 16.5. The first-order valence-corrected chi connectivity index (χ1v) is 11.4. The number of hydrogen-bond acceptors (Lipinski definition) is 6. The van der Waals surface area contributed by atoms with Crippen molar-refractivity contribution in [1.82, 2.24) is 10.2 Å². The average molecular weight is 436 g/mol. The van der Waals surface area contributed by atoms with Gasteiger partial charge in [-0.1, -0.05) is 6.92 Å². The highest BCUT2D eigenvalue weighted by Gasteiger charge is 2.29. The number of ether oxygens (including phenoxy) is 2. The molecule has 1 aromatic carbocycles. The van der Waals surface area contributed by atoms with E-state index in [9.17, 15) is 9.90 Å². The zero-order valence-electron chi connectivity index (χ0n) is 20.1. The van der Waals surface area contributed by atoms with Crippen molar-refractivity contribution in [3.63, 3.8) is 0 Å². The number of likely N-dealkylation sites (N-methyl/N-ethyl adjacent to an activating group) is 1. The number of aliphatic hydroxyl groups excluding tert-OH is 1. The van der Waals surface area contributed by atoms with Gasteiger partial charge in [-0.15, -0.1) is 0 Å². The van der Waals surface area contributed by atoms with Crippen LogP contribution < -0.4 is 15.0 Å². The summed E-state index contributed by atoms with van der Waals surface area (Å²) in [7, 11) is 5.82. The fourth-order valence-corrected chi connectivity index (χ4v) is 3.88. The van der Waals surface area contributed by atoms with E-state index in [4.69, 9.17) is 9.47 Å². The Morgan fingerprint density at radius 1 is 1.29 bits per heavy atom. The van der Waals surface area contributed by atoms with Gasteiger partial charge in [0, 0.05) is 45.4 Å². The zero-order chi connectivity index (χ0) is 23.0. The molecule has 0 unspecified atom stereocenters. The summed E-state index contributed by atoms with van der Waals surface area (Å²) in [5, 5.41) is 13.1. The van der Waals surface area contributed by atoms with Crippen molar-refractivity contribution in [3.8, 4) is 5.75 Å². The minimum atomic E-state index is -0.314. The normalized spacial score (nSPS) is 24.7. The predicted octanol–water partition coefficient (Wildman–Crippen LogP) is 2.77. The third-order valence-corrected chi connectivity index (χ3v) is 5.96. The summed E-state index contributed by atoms with van der Waals surface area (Å²) >= 11 is 0. The van der Waals surface area contributed by atoms with Crippen LogP contribution in [-0.4, -0.2) is 81.6 Å². The second-order valence-electron chi connectivity index (χ2n) is 8.93. The van der Waals surface area contributed by atoms with E-state index in [0.29, 0.717) is 24.5 Å². The van der Waals surface area contributed by atoms with E-state index >= 15 is 0 Å². The molecule has 7 nitrogen and oxygen atoms in total. The van der Waals surface area contributed by atoms with Crippen LogP contribution in [0.2, 0.25) is 0 Å². The summed E-state index contributed by atoms with van der Waals surface area (Å²) in [5.74, 6) is 0.583. The number of anilines is 1. The topological polar surface area (TPSA) is 74.3 Å². The Labute approximate surface area is 187 Å². The maximum Gasteiger partial charge on any atom is 0.258 e. The first kappa shape index (κ1) is 25.4. The van der Waals surface area contributed by atoms with E-state index in [1.54, 1.807) is 4.90 Å². The van der Waals surface area contributed by atoms with Crippen molar-refractivity contribution < 1.29 is 19.4 Å². The Bertz CT molecular complexity index is 697. The van der Waals surface area contributed by atoms with Gasteiger partial charge >= 0.3 is 0 Å². The van der Waals surface area contributed by atoms with Gasteiger partial charge in [-0.2, -0.15) is 0 Å². The summed E-state index contributed by atoms with van der Waals surface area (Å²) < 4.78 is 12.4. The van der Waals surface area contributed by atoms with Crippen LogP contribution in [0.3, 0.4) is 0 Å². The highest BCUT2D eigenvalue weighted by Crippen LogP contribution is 2.29. The number of hydrogen-bond donors (Lipinski definition) is 2. The molecular weight excluding hydrogens is 394 g/mol. The van der Waals surface area contributed by atoms with Crippen LogP contribution >= 0.6 is 0 Å². The van der Waals surface area contributed by atoms with Gasteiger partial charge in [0.2, 0.25) is 0 Å². The number of amides is 1. The number of rotatable bonds is 5. The largest absolute Gasteiger partial charge is 0.490 e. The van der Waals surface area contributed by atoms with E-state index in [2.05, 4.69) is 12.2 Å². The molecule has 4 atom stereocenters. The molecule has 0 fully saturated rings. The number of nitrogens with zero attached hydrogens (tertiary/aromatic N) is 2. The van der Waals surface area contributed by atoms with E-state index in [1.807, 2.05) is 58.1 Å². The summed E-state index contributed by atoms with van der Waals surface area (Å²) in [4.78, 5) is 17.5. The van der Waals surface area contributed by atoms with Gasteiger partial charge in [-0.3, -0.25) is 4.79 Å². The first-order valence-electron chi connectivity index (χ1n) is 11.4. The Balaban J connectivity index is 2.47. The van der Waals surface area contributed by atoms with Crippen molar-refractivity contribution in [2.45, 2.75) is 58.3 Å². The van der Waals surface area contributed by atoms with Crippen molar-refractivity contribution in [1.29, 1.82) is 0 Å². The zero-order valence-corrected chi connectivity index (χ0v) is 20.1. The van der Waals surface area contributed by atoms with Crippen LogP contribution in [-0.2, 0) is 4.74 Å². The molecule has 0 aliphatic carbocycles. The van der Waals surface area contributed by atoms with Gasteiger partial charge in [0.15, 0.2) is 0 Å². The predicted molar refractivity (Wildman–Crippen MR) is 125 cm³/mol. The van der Waals surface area contributed by atoms with Crippen LogP contribution in [0, 0.1) is 5.92 Å². The monoisotopic (exact) mass is 435 g/mol. The van der Waals surface area contributed by atoms with Crippen molar-refractivity contribution in [3.05, 3.63) is 23.8 Å². The number of benzene rings is 1. The van der Waals surface area contributed by atoms with E-state index < -0.39 is 0 Å². The molecule has 1 heterocycles. The molecule has 1 aliphatic rings. The number of fused-ring (bicyclic) bond motifs is 1. The minimum absolute atomic E-state index is 0.00422. The minimum Gasteiger partial charge on any atom is -0.490 e. The van der Waals surface area contributed by atoms with Crippen LogP contribution in [0.25, 0.3) is 0 Å². The standard InChI is InChI=1S/C24H41N3O4/c1-17-15-27(18(2)16-28)24(29)21-13-20(26(5)6)10-11-22(21)31-19(3)9-7-8-12-30-23(17)14-25-4/h10-11,13,17-19,23,25,28H,7-9,12,14-16H2,1-6H3/t17-,18+,19-,23-/m0/s1.